The van der Waals surface area contributed by atoms with Crippen LogP contribution in [0.15, 0.2) is 47.4 Å². The molecular formula is C21H18F4N4O4S. The zero-order valence-electron chi connectivity index (χ0n) is 18.0. The summed E-state index contributed by atoms with van der Waals surface area (Å²) in [6.07, 6.45) is -3.74. The molecular weight excluding hydrogens is 480 g/mol. The van der Waals surface area contributed by atoms with Gasteiger partial charge in [-0.05, 0) is 42.8 Å². The summed E-state index contributed by atoms with van der Waals surface area (Å²) >= 11 is 0. The summed E-state index contributed by atoms with van der Waals surface area (Å²) < 4.78 is 84.2. The van der Waals surface area contributed by atoms with E-state index >= 15 is 0 Å². The number of methoxy groups -OCH3 is 1. The van der Waals surface area contributed by atoms with Crippen LogP contribution in [0, 0.1) is 17.5 Å². The summed E-state index contributed by atoms with van der Waals surface area (Å²) in [4.78, 5) is 13.2. The largest absolute Gasteiger partial charge is 0.493 e. The van der Waals surface area contributed by atoms with Gasteiger partial charge >= 0.3 is 6.18 Å². The summed E-state index contributed by atoms with van der Waals surface area (Å²) in [5, 5.41) is 8.95. The summed E-state index contributed by atoms with van der Waals surface area (Å²) in [5.41, 5.74) is -2.53. The Morgan fingerprint density at radius 2 is 1.82 bits per heavy atom. The number of amides is 1. The normalized spacial score (nSPS) is 13.1. The number of hydrogen-bond donors (Lipinski definition) is 2. The lowest BCUT2D eigenvalue weighted by Gasteiger charge is -2.17. The third-order valence-corrected chi connectivity index (χ3v) is 5.71. The number of halogens is 4. The standard InChI is InChI=1S/C21H18F4N4O4S/c1-11-17(19(30)27-13-5-4-6-14(10-13)34(3,26)31)20(29-28-18(11)21(23,24)25)33-16-9-12(22)7-8-15(16)32-2/h4-10,26H,1-3H3,(H,27,30). The fourth-order valence-electron chi connectivity index (χ4n) is 2.95. The van der Waals surface area contributed by atoms with Crippen LogP contribution in [0.1, 0.15) is 21.6 Å². The maximum Gasteiger partial charge on any atom is 0.435 e. The number of hydrogen-bond acceptors (Lipinski definition) is 7. The van der Waals surface area contributed by atoms with E-state index in [4.69, 9.17) is 14.3 Å². The van der Waals surface area contributed by atoms with Gasteiger partial charge < -0.3 is 14.8 Å². The molecule has 2 N–H and O–H groups in total. The highest BCUT2D eigenvalue weighted by Crippen LogP contribution is 2.37. The van der Waals surface area contributed by atoms with E-state index in [2.05, 4.69) is 15.5 Å². The van der Waals surface area contributed by atoms with Crippen LogP contribution in [0.4, 0.5) is 23.2 Å². The van der Waals surface area contributed by atoms with Crippen LogP contribution < -0.4 is 14.8 Å². The molecule has 1 unspecified atom stereocenters. The Morgan fingerprint density at radius 3 is 2.44 bits per heavy atom. The fourth-order valence-corrected chi connectivity index (χ4v) is 3.64. The predicted octanol–water partition coefficient (Wildman–Crippen LogP) is 5.03. The van der Waals surface area contributed by atoms with Gasteiger partial charge in [-0.2, -0.15) is 13.2 Å². The molecule has 2 aromatic carbocycles. The lowest BCUT2D eigenvalue weighted by atomic mass is 10.1. The number of carbonyl (C=O) groups is 1. The maximum atomic E-state index is 13.7. The third-order valence-electron chi connectivity index (χ3n) is 4.55. The Balaban J connectivity index is 2.10. The van der Waals surface area contributed by atoms with E-state index in [0.717, 1.165) is 19.1 Å². The number of rotatable bonds is 6. The van der Waals surface area contributed by atoms with Gasteiger partial charge in [0.05, 0.1) is 16.8 Å². The number of ether oxygens (including phenoxy) is 2. The molecule has 1 heterocycles. The van der Waals surface area contributed by atoms with Gasteiger partial charge in [0.2, 0.25) is 0 Å². The Labute approximate surface area is 191 Å². The first-order chi connectivity index (χ1) is 15.8. The van der Waals surface area contributed by atoms with Crippen LogP contribution in [0.25, 0.3) is 0 Å². The van der Waals surface area contributed by atoms with Crippen molar-refractivity contribution in [3.05, 3.63) is 65.1 Å². The summed E-state index contributed by atoms with van der Waals surface area (Å²) in [6, 6.07) is 8.71. The van der Waals surface area contributed by atoms with Crippen LogP contribution in [0.5, 0.6) is 17.4 Å². The van der Waals surface area contributed by atoms with E-state index in [1.54, 1.807) is 0 Å². The van der Waals surface area contributed by atoms with Crippen molar-refractivity contribution < 1.29 is 36.0 Å². The fraction of sp³-hybridized carbons (Fsp3) is 0.190. The Hall–Kier alpha value is -3.74. The van der Waals surface area contributed by atoms with E-state index in [1.165, 1.54) is 43.7 Å². The molecule has 0 spiro atoms. The van der Waals surface area contributed by atoms with E-state index in [0.29, 0.717) is 0 Å². The number of carbonyl (C=O) groups excluding carboxylic acids is 1. The quantitative estimate of drug-likeness (QED) is 0.461. The number of aromatic nitrogens is 2. The first kappa shape index (κ1) is 24.9. The zero-order chi connectivity index (χ0) is 25.3. The lowest BCUT2D eigenvalue weighted by molar-refractivity contribution is -0.142. The smallest absolute Gasteiger partial charge is 0.435 e. The molecule has 0 saturated heterocycles. The molecule has 0 aliphatic carbocycles. The van der Waals surface area contributed by atoms with Crippen LogP contribution in [0.3, 0.4) is 0 Å². The van der Waals surface area contributed by atoms with Gasteiger partial charge in [0.25, 0.3) is 11.8 Å². The minimum Gasteiger partial charge on any atom is -0.493 e. The molecule has 1 aromatic heterocycles. The molecule has 34 heavy (non-hydrogen) atoms. The molecule has 0 bridgehead atoms. The van der Waals surface area contributed by atoms with E-state index in [-0.39, 0.29) is 22.1 Å². The Kier molecular flexibility index (Phi) is 6.77. The highest BCUT2D eigenvalue weighted by molar-refractivity contribution is 7.91. The second kappa shape index (κ2) is 9.25. The van der Waals surface area contributed by atoms with Crippen LogP contribution in [-0.2, 0) is 15.9 Å². The molecule has 3 rings (SSSR count). The van der Waals surface area contributed by atoms with Crippen LogP contribution >= 0.6 is 0 Å². The Bertz CT molecular complexity index is 1360. The van der Waals surface area contributed by atoms with Gasteiger partial charge in [0.15, 0.2) is 17.2 Å². The van der Waals surface area contributed by atoms with Crippen molar-refractivity contribution in [1.82, 2.24) is 10.2 Å². The van der Waals surface area contributed by atoms with Crippen molar-refractivity contribution in [2.45, 2.75) is 18.0 Å². The van der Waals surface area contributed by atoms with Crippen LogP contribution in [-0.4, -0.2) is 33.7 Å². The molecule has 1 atom stereocenters. The molecule has 0 saturated carbocycles. The number of nitrogens with one attached hydrogen (secondary N) is 2. The topological polar surface area (TPSA) is 114 Å². The second-order valence-electron chi connectivity index (χ2n) is 7.07. The highest BCUT2D eigenvalue weighted by atomic mass is 32.2. The number of nitrogens with zero attached hydrogens (tertiary/aromatic N) is 2. The molecule has 0 fully saturated rings. The van der Waals surface area contributed by atoms with Crippen molar-refractivity contribution in [3.63, 3.8) is 0 Å². The van der Waals surface area contributed by atoms with Gasteiger partial charge in [-0.15, -0.1) is 10.2 Å². The minimum atomic E-state index is -4.92. The molecule has 8 nitrogen and oxygen atoms in total. The van der Waals surface area contributed by atoms with Crippen molar-refractivity contribution in [2.24, 2.45) is 0 Å². The summed E-state index contributed by atoms with van der Waals surface area (Å²) in [5.74, 6) is -2.61. The summed E-state index contributed by atoms with van der Waals surface area (Å²) in [7, 11) is -1.85. The van der Waals surface area contributed by atoms with Gasteiger partial charge in [-0.3, -0.25) is 4.79 Å². The maximum absolute atomic E-state index is 13.7. The minimum absolute atomic E-state index is 0.0352. The molecule has 0 aliphatic heterocycles. The first-order valence-electron chi connectivity index (χ1n) is 9.42. The molecule has 1 amide bonds. The highest BCUT2D eigenvalue weighted by Gasteiger charge is 2.38. The second-order valence-corrected chi connectivity index (χ2v) is 9.23. The van der Waals surface area contributed by atoms with Crippen molar-refractivity contribution in [1.29, 1.82) is 4.78 Å². The van der Waals surface area contributed by atoms with Gasteiger partial charge in [-0.1, -0.05) is 6.07 Å². The molecule has 13 heteroatoms. The first-order valence-corrected chi connectivity index (χ1v) is 11.4. The van der Waals surface area contributed by atoms with Crippen molar-refractivity contribution in [2.75, 3.05) is 18.7 Å². The average Bonchev–Trinajstić information content (AvgIpc) is 2.72. The van der Waals surface area contributed by atoms with Gasteiger partial charge in [-0.25, -0.2) is 13.4 Å². The van der Waals surface area contributed by atoms with E-state index < -0.39 is 50.3 Å². The van der Waals surface area contributed by atoms with Crippen molar-refractivity contribution in [3.8, 4) is 17.4 Å². The van der Waals surface area contributed by atoms with Crippen molar-refractivity contribution >= 4 is 21.3 Å². The number of alkyl halides is 3. The number of benzene rings is 2. The molecule has 180 valence electrons. The SMILES string of the molecule is COc1ccc(F)cc1Oc1nnc(C(F)(F)F)c(C)c1C(=O)Nc1cccc(S(C)(=N)=O)c1. The van der Waals surface area contributed by atoms with E-state index in [1.807, 2.05) is 0 Å². The lowest BCUT2D eigenvalue weighted by Crippen LogP contribution is -2.21. The molecule has 0 radical (unpaired) electrons. The van der Waals surface area contributed by atoms with Crippen LogP contribution in [0.2, 0.25) is 0 Å². The average molecular weight is 498 g/mol. The van der Waals surface area contributed by atoms with Gasteiger partial charge in [0.1, 0.15) is 11.4 Å². The molecule has 0 aliphatic rings. The summed E-state index contributed by atoms with van der Waals surface area (Å²) in [6.45, 7) is 1.02. The molecule has 3 aromatic rings. The zero-order valence-corrected chi connectivity index (χ0v) is 18.8. The number of anilines is 1. The van der Waals surface area contributed by atoms with Gasteiger partial charge in [0, 0.05) is 22.9 Å². The van der Waals surface area contributed by atoms with E-state index in [9.17, 15) is 26.6 Å². The monoisotopic (exact) mass is 498 g/mol. The third kappa shape index (κ3) is 5.42. The predicted molar refractivity (Wildman–Crippen MR) is 114 cm³/mol. The Morgan fingerprint density at radius 1 is 1.12 bits per heavy atom.